The monoisotopic (exact) mass is 631 g/mol. The van der Waals surface area contributed by atoms with Crippen LogP contribution in [0, 0.1) is 25.7 Å². The van der Waals surface area contributed by atoms with E-state index in [1.165, 1.54) is 4.90 Å². The van der Waals surface area contributed by atoms with E-state index in [0.29, 0.717) is 24.2 Å². The van der Waals surface area contributed by atoms with Crippen LogP contribution in [0.4, 0.5) is 11.4 Å². The molecule has 3 saturated heterocycles. The number of para-hydroxylation sites is 1. The van der Waals surface area contributed by atoms with E-state index >= 15 is 0 Å². The number of nitrogens with one attached hydrogen (secondary N) is 2. The van der Waals surface area contributed by atoms with Gasteiger partial charge in [-0.05, 0) is 61.6 Å². The first-order chi connectivity index (χ1) is 20.2. The molecule has 3 aromatic carbocycles. The zero-order valence-electron chi connectivity index (χ0n) is 23.5. The number of carbonyl (C=O) groups is 3. The summed E-state index contributed by atoms with van der Waals surface area (Å²) in [6.07, 6.45) is 0.150. The Labute approximate surface area is 253 Å². The van der Waals surface area contributed by atoms with Crippen LogP contribution in [0.15, 0.2) is 78.9 Å². The molecule has 3 fully saturated rings. The summed E-state index contributed by atoms with van der Waals surface area (Å²) in [5.41, 5.74) is 2.83. The predicted octanol–water partition coefficient (Wildman–Crippen LogP) is 4.23. The molecule has 3 heterocycles. The average molecular weight is 633 g/mol. The molecule has 1 spiro atoms. The number of hydrogen-bond donors (Lipinski definition) is 3. The molecule has 3 aliphatic heterocycles. The number of likely N-dealkylation sites (tertiary alicyclic amines) is 1. The van der Waals surface area contributed by atoms with Crippen molar-refractivity contribution in [2.75, 3.05) is 17.2 Å². The second-order valence-electron chi connectivity index (χ2n) is 11.6. The van der Waals surface area contributed by atoms with Crippen molar-refractivity contribution in [2.24, 2.45) is 11.8 Å². The lowest BCUT2D eigenvalue weighted by Gasteiger charge is -2.37. The van der Waals surface area contributed by atoms with Gasteiger partial charge in [-0.1, -0.05) is 76.6 Å². The topological polar surface area (TPSA) is 108 Å². The van der Waals surface area contributed by atoms with Crippen molar-refractivity contribution in [1.82, 2.24) is 4.90 Å². The number of aliphatic hydroxyl groups is 1. The maximum absolute atomic E-state index is 14.5. The molecular formula is C33H34BrN3O5. The molecule has 3 aromatic rings. The fraction of sp³-hybridized carbons (Fsp3) is 0.364. The molecule has 8 nitrogen and oxygen atoms in total. The summed E-state index contributed by atoms with van der Waals surface area (Å²) in [7, 11) is 0. The fourth-order valence-corrected chi connectivity index (χ4v) is 7.96. The Morgan fingerprint density at radius 1 is 1.02 bits per heavy atom. The van der Waals surface area contributed by atoms with Crippen LogP contribution in [-0.4, -0.2) is 63.0 Å². The van der Waals surface area contributed by atoms with Crippen LogP contribution >= 0.6 is 15.9 Å². The van der Waals surface area contributed by atoms with Crippen LogP contribution in [0.3, 0.4) is 0 Å². The standard InChI is InChI=1S/C33H34BrN3O5/c1-19-13-14-20(2)25(15-19)36-31(40)29-33-17-24(34)28(42-33)26(30(39)35-22-11-7-4-8-12-22)27(33)32(41)37(29)23(18-38)16-21-9-5-3-6-10-21/h3-15,23-24,26-29,38H,16-18H2,1-2H3,(H,35,39)(H,36,40)/t23-,24?,26-,27+,28-,29?,33?/m1/s1. The van der Waals surface area contributed by atoms with E-state index in [1.807, 2.05) is 80.6 Å². The highest BCUT2D eigenvalue weighted by Crippen LogP contribution is 2.60. The fourth-order valence-electron chi connectivity index (χ4n) is 7.02. The third-order valence-electron chi connectivity index (χ3n) is 8.89. The van der Waals surface area contributed by atoms with Gasteiger partial charge in [-0.2, -0.15) is 0 Å². The van der Waals surface area contributed by atoms with Gasteiger partial charge in [-0.15, -0.1) is 0 Å². The van der Waals surface area contributed by atoms with E-state index in [4.69, 9.17) is 4.74 Å². The molecule has 6 rings (SSSR count). The Hall–Kier alpha value is -3.53. The second-order valence-corrected chi connectivity index (χ2v) is 12.8. The quantitative estimate of drug-likeness (QED) is 0.323. The SMILES string of the molecule is Cc1ccc(C)c(NC(=O)C2N([C@@H](CO)Cc3ccccc3)C(=O)[C@@H]3[C@@H](C(=O)Nc4ccccc4)[C@@H]4OC23CC4Br)c1. The zero-order valence-corrected chi connectivity index (χ0v) is 25.1. The van der Waals surface area contributed by atoms with E-state index in [2.05, 4.69) is 26.6 Å². The molecule has 7 atom stereocenters. The molecule has 3 unspecified atom stereocenters. The van der Waals surface area contributed by atoms with E-state index in [-0.39, 0.29) is 23.2 Å². The highest BCUT2D eigenvalue weighted by molar-refractivity contribution is 9.09. The number of rotatable bonds is 8. The highest BCUT2D eigenvalue weighted by atomic mass is 79.9. The van der Waals surface area contributed by atoms with E-state index in [9.17, 15) is 19.5 Å². The summed E-state index contributed by atoms with van der Waals surface area (Å²) in [6.45, 7) is 3.51. The Balaban J connectivity index is 1.40. The Kier molecular flexibility index (Phi) is 7.68. The van der Waals surface area contributed by atoms with E-state index in [1.54, 1.807) is 12.1 Å². The van der Waals surface area contributed by atoms with Crippen molar-refractivity contribution in [3.63, 3.8) is 0 Å². The second kappa shape index (κ2) is 11.3. The smallest absolute Gasteiger partial charge is 0.250 e. The number of nitrogens with zero attached hydrogens (tertiary/aromatic N) is 1. The van der Waals surface area contributed by atoms with Crippen LogP contribution in [0.2, 0.25) is 0 Å². The molecule has 3 aliphatic rings. The Morgan fingerprint density at radius 2 is 1.71 bits per heavy atom. The number of amides is 3. The lowest BCUT2D eigenvalue weighted by molar-refractivity contribution is -0.143. The van der Waals surface area contributed by atoms with Crippen molar-refractivity contribution in [3.05, 3.63) is 95.6 Å². The lowest BCUT2D eigenvalue weighted by atomic mass is 9.70. The minimum Gasteiger partial charge on any atom is -0.394 e. The molecule has 3 N–H and O–H groups in total. The lowest BCUT2D eigenvalue weighted by Crippen LogP contribution is -2.57. The van der Waals surface area contributed by atoms with Crippen molar-refractivity contribution >= 4 is 45.0 Å². The van der Waals surface area contributed by atoms with Crippen LogP contribution in [0.1, 0.15) is 23.1 Å². The third-order valence-corrected chi connectivity index (χ3v) is 9.73. The minimum absolute atomic E-state index is 0.231. The number of alkyl halides is 1. The highest BCUT2D eigenvalue weighted by Gasteiger charge is 2.77. The summed E-state index contributed by atoms with van der Waals surface area (Å²) in [5, 5.41) is 16.7. The van der Waals surface area contributed by atoms with Crippen LogP contribution in [0.5, 0.6) is 0 Å². The van der Waals surface area contributed by atoms with Gasteiger partial charge in [0.2, 0.25) is 17.7 Å². The summed E-state index contributed by atoms with van der Waals surface area (Å²) in [5.74, 6) is -2.75. The van der Waals surface area contributed by atoms with Gasteiger partial charge in [0.15, 0.2) is 0 Å². The summed E-state index contributed by atoms with van der Waals surface area (Å²) in [4.78, 5) is 43.9. The number of hydrogen-bond acceptors (Lipinski definition) is 5. The van der Waals surface area contributed by atoms with Gasteiger partial charge in [0.1, 0.15) is 11.6 Å². The first kappa shape index (κ1) is 28.6. The average Bonchev–Trinajstić information content (AvgIpc) is 3.58. The number of anilines is 2. The van der Waals surface area contributed by atoms with E-state index in [0.717, 1.165) is 16.7 Å². The van der Waals surface area contributed by atoms with Crippen LogP contribution in [-0.2, 0) is 25.5 Å². The normalized spacial score (nSPS) is 28.4. The number of benzene rings is 3. The molecule has 2 bridgehead atoms. The summed E-state index contributed by atoms with van der Waals surface area (Å²) < 4.78 is 6.63. The molecule has 42 heavy (non-hydrogen) atoms. The number of aryl methyl sites for hydroxylation is 2. The molecule has 0 aliphatic carbocycles. The van der Waals surface area contributed by atoms with Crippen molar-refractivity contribution in [1.29, 1.82) is 0 Å². The first-order valence-electron chi connectivity index (χ1n) is 14.3. The van der Waals surface area contributed by atoms with Crippen molar-refractivity contribution in [2.45, 2.75) is 55.3 Å². The summed E-state index contributed by atoms with van der Waals surface area (Å²) in [6, 6.07) is 22.7. The van der Waals surface area contributed by atoms with Gasteiger partial charge in [0, 0.05) is 16.2 Å². The van der Waals surface area contributed by atoms with Gasteiger partial charge in [-0.3, -0.25) is 14.4 Å². The molecule has 218 valence electrons. The van der Waals surface area contributed by atoms with Crippen molar-refractivity contribution in [3.8, 4) is 0 Å². The first-order valence-corrected chi connectivity index (χ1v) is 15.2. The maximum Gasteiger partial charge on any atom is 0.250 e. The molecule has 0 saturated carbocycles. The van der Waals surface area contributed by atoms with Gasteiger partial charge >= 0.3 is 0 Å². The molecular weight excluding hydrogens is 598 g/mol. The zero-order chi connectivity index (χ0) is 29.6. The van der Waals surface area contributed by atoms with Gasteiger partial charge in [0.25, 0.3) is 0 Å². The number of ether oxygens (including phenoxy) is 1. The van der Waals surface area contributed by atoms with Gasteiger partial charge < -0.3 is 25.4 Å². The molecule has 3 amide bonds. The predicted molar refractivity (Wildman–Crippen MR) is 163 cm³/mol. The Morgan fingerprint density at radius 3 is 2.40 bits per heavy atom. The summed E-state index contributed by atoms with van der Waals surface area (Å²) >= 11 is 3.72. The van der Waals surface area contributed by atoms with Crippen LogP contribution < -0.4 is 10.6 Å². The molecule has 0 radical (unpaired) electrons. The third kappa shape index (κ3) is 4.83. The number of aliphatic hydroxyl groups excluding tert-OH is 1. The van der Waals surface area contributed by atoms with Crippen molar-refractivity contribution < 1.29 is 24.2 Å². The van der Waals surface area contributed by atoms with Gasteiger partial charge in [-0.25, -0.2) is 0 Å². The molecule has 0 aromatic heterocycles. The van der Waals surface area contributed by atoms with Gasteiger partial charge in [0.05, 0.1) is 30.6 Å². The van der Waals surface area contributed by atoms with Crippen LogP contribution in [0.25, 0.3) is 0 Å². The molecule has 9 heteroatoms. The number of carbonyl (C=O) groups excluding carboxylic acids is 3. The Bertz CT molecular complexity index is 1500. The van der Waals surface area contributed by atoms with E-state index < -0.39 is 41.5 Å². The maximum atomic E-state index is 14.5. The minimum atomic E-state index is -1.24. The number of fused-ring (bicyclic) bond motifs is 1. The largest absolute Gasteiger partial charge is 0.394 e. The number of halogens is 1.